The molecule has 5 nitrogen and oxygen atoms in total. The van der Waals surface area contributed by atoms with Crippen molar-refractivity contribution in [3.63, 3.8) is 0 Å². The number of carbonyl (C=O) groups excluding carboxylic acids is 1. The molecule has 2 N–H and O–H groups in total. The molecule has 2 aliphatic carbocycles. The van der Waals surface area contributed by atoms with Crippen LogP contribution in [0.25, 0.3) is 0 Å². The largest absolute Gasteiger partial charge is 0.349 e. The van der Waals surface area contributed by atoms with Gasteiger partial charge in [0.2, 0.25) is 0 Å². The van der Waals surface area contributed by atoms with Gasteiger partial charge in [0.15, 0.2) is 0 Å². The zero-order valence-electron chi connectivity index (χ0n) is 15.6. The Morgan fingerprint density at radius 2 is 1.82 bits per heavy atom. The average molecular weight is 419 g/mol. The topological polar surface area (TPSA) is 75.3 Å². The van der Waals surface area contributed by atoms with Gasteiger partial charge in [0, 0.05) is 6.04 Å². The molecule has 28 heavy (non-hydrogen) atoms. The van der Waals surface area contributed by atoms with Crippen molar-refractivity contribution in [2.45, 2.75) is 43.5 Å². The van der Waals surface area contributed by atoms with Crippen LogP contribution in [0, 0.1) is 18.8 Å². The van der Waals surface area contributed by atoms with Gasteiger partial charge in [0.25, 0.3) is 15.9 Å². The van der Waals surface area contributed by atoms with Crippen molar-refractivity contribution in [3.8, 4) is 0 Å². The van der Waals surface area contributed by atoms with Crippen molar-refractivity contribution >= 4 is 33.2 Å². The minimum absolute atomic E-state index is 0.173. The number of anilines is 1. The number of amides is 1. The zero-order valence-corrected chi connectivity index (χ0v) is 17.2. The molecule has 2 aromatic rings. The summed E-state index contributed by atoms with van der Waals surface area (Å²) in [5.41, 5.74) is 1.66. The predicted octanol–water partition coefficient (Wildman–Crippen LogP) is 4.37. The molecule has 0 heterocycles. The molecule has 2 saturated carbocycles. The molecule has 2 bridgehead atoms. The summed E-state index contributed by atoms with van der Waals surface area (Å²) in [5.74, 6) is 1.12. The molecular formula is C21H23ClN2O3S. The summed E-state index contributed by atoms with van der Waals surface area (Å²) in [6.45, 7) is 1.89. The van der Waals surface area contributed by atoms with E-state index in [1.807, 2.05) is 6.92 Å². The molecule has 4 rings (SSSR count). The number of benzene rings is 2. The van der Waals surface area contributed by atoms with Crippen LogP contribution in [0.4, 0.5) is 5.69 Å². The maximum Gasteiger partial charge on any atom is 0.261 e. The molecule has 2 aliphatic rings. The van der Waals surface area contributed by atoms with E-state index >= 15 is 0 Å². The smallest absolute Gasteiger partial charge is 0.261 e. The van der Waals surface area contributed by atoms with Gasteiger partial charge in [0.05, 0.1) is 21.2 Å². The summed E-state index contributed by atoms with van der Waals surface area (Å²) in [4.78, 5) is 12.8. The van der Waals surface area contributed by atoms with Gasteiger partial charge in [-0.15, -0.1) is 0 Å². The fraction of sp³-hybridized carbons (Fsp3) is 0.381. The van der Waals surface area contributed by atoms with Crippen LogP contribution in [-0.2, 0) is 10.0 Å². The first-order valence-corrected chi connectivity index (χ1v) is 11.4. The molecule has 7 heteroatoms. The van der Waals surface area contributed by atoms with Gasteiger partial charge in [0.1, 0.15) is 0 Å². The van der Waals surface area contributed by atoms with E-state index < -0.39 is 10.0 Å². The molecule has 1 amide bonds. The summed E-state index contributed by atoms with van der Waals surface area (Å²) in [6.07, 6.45) is 4.71. The molecule has 2 aromatic carbocycles. The van der Waals surface area contributed by atoms with Gasteiger partial charge in [-0.25, -0.2) is 8.42 Å². The van der Waals surface area contributed by atoms with E-state index in [0.29, 0.717) is 17.2 Å². The number of hydrogen-bond donors (Lipinski definition) is 2. The molecule has 0 saturated heterocycles. The number of aryl methyl sites for hydroxylation is 1. The Labute approximate surface area is 170 Å². The number of fused-ring (bicyclic) bond motifs is 2. The Morgan fingerprint density at radius 1 is 1.07 bits per heavy atom. The van der Waals surface area contributed by atoms with E-state index in [2.05, 4.69) is 10.0 Å². The molecule has 0 spiro atoms. The molecule has 0 aromatic heterocycles. The zero-order chi connectivity index (χ0) is 19.9. The summed E-state index contributed by atoms with van der Waals surface area (Å²) < 4.78 is 27.5. The fourth-order valence-electron chi connectivity index (χ4n) is 4.36. The highest BCUT2D eigenvalue weighted by atomic mass is 35.5. The van der Waals surface area contributed by atoms with Gasteiger partial charge in [-0.1, -0.05) is 35.7 Å². The highest BCUT2D eigenvalue weighted by molar-refractivity contribution is 7.92. The minimum atomic E-state index is -3.71. The molecule has 3 atom stereocenters. The first kappa shape index (κ1) is 19.3. The van der Waals surface area contributed by atoms with Crippen molar-refractivity contribution in [2.24, 2.45) is 11.8 Å². The molecule has 0 unspecified atom stereocenters. The standard InChI is InChI=1S/C21H23ClN2O3S/c1-13-2-7-17(8-3-13)28(26,27)24-16-6-9-18(19(22)12-16)21(25)23-20-11-14-4-5-15(20)10-14/h2-3,6-9,12,14-15,20,24H,4-5,10-11H2,1H3,(H,23,25)/t14-,15-,20+/m0/s1. The number of sulfonamides is 1. The first-order chi connectivity index (χ1) is 13.3. The molecule has 2 fully saturated rings. The van der Waals surface area contributed by atoms with Crippen LogP contribution in [0.5, 0.6) is 0 Å². The summed E-state index contributed by atoms with van der Waals surface area (Å²) in [6, 6.07) is 11.4. The number of hydrogen-bond acceptors (Lipinski definition) is 3. The maximum absolute atomic E-state index is 12.6. The van der Waals surface area contributed by atoms with E-state index in [0.717, 1.165) is 17.9 Å². The second-order valence-electron chi connectivity index (χ2n) is 7.87. The quantitative estimate of drug-likeness (QED) is 0.757. The van der Waals surface area contributed by atoms with Gasteiger partial charge in [-0.05, 0) is 68.4 Å². The Morgan fingerprint density at radius 3 is 2.43 bits per heavy atom. The summed E-state index contributed by atoms with van der Waals surface area (Å²) >= 11 is 6.29. The Kier molecular flexibility index (Phi) is 5.10. The molecular weight excluding hydrogens is 396 g/mol. The van der Waals surface area contributed by atoms with Crippen molar-refractivity contribution in [1.29, 1.82) is 0 Å². The summed E-state index contributed by atoms with van der Waals surface area (Å²) in [7, 11) is -3.71. The lowest BCUT2D eigenvalue weighted by atomic mass is 9.95. The highest BCUT2D eigenvalue weighted by Crippen LogP contribution is 2.44. The van der Waals surface area contributed by atoms with E-state index in [9.17, 15) is 13.2 Å². The Balaban J connectivity index is 1.46. The van der Waals surface area contributed by atoms with Crippen LogP contribution in [0.15, 0.2) is 47.4 Å². The number of halogens is 1. The number of carbonyl (C=O) groups is 1. The fourth-order valence-corrected chi connectivity index (χ4v) is 5.68. The SMILES string of the molecule is Cc1ccc(S(=O)(=O)Nc2ccc(C(=O)N[C@@H]3C[C@H]4CC[C@H]3C4)c(Cl)c2)cc1. The van der Waals surface area contributed by atoms with Crippen LogP contribution in [-0.4, -0.2) is 20.4 Å². The lowest BCUT2D eigenvalue weighted by Gasteiger charge is -2.23. The van der Waals surface area contributed by atoms with Gasteiger partial charge < -0.3 is 5.32 Å². The van der Waals surface area contributed by atoms with Crippen LogP contribution < -0.4 is 10.0 Å². The normalized spacial score (nSPS) is 23.6. The highest BCUT2D eigenvalue weighted by Gasteiger charge is 2.40. The second-order valence-corrected chi connectivity index (χ2v) is 9.96. The van der Waals surface area contributed by atoms with Crippen molar-refractivity contribution in [2.75, 3.05) is 4.72 Å². The van der Waals surface area contributed by atoms with Crippen molar-refractivity contribution in [1.82, 2.24) is 5.32 Å². The van der Waals surface area contributed by atoms with E-state index in [1.54, 1.807) is 36.4 Å². The third-order valence-corrected chi connectivity index (χ3v) is 7.56. The minimum Gasteiger partial charge on any atom is -0.349 e. The number of rotatable bonds is 5. The Hall–Kier alpha value is -2.05. The molecule has 0 radical (unpaired) electrons. The number of nitrogens with one attached hydrogen (secondary N) is 2. The van der Waals surface area contributed by atoms with Crippen LogP contribution in [0.3, 0.4) is 0 Å². The van der Waals surface area contributed by atoms with Crippen molar-refractivity contribution < 1.29 is 13.2 Å². The monoisotopic (exact) mass is 418 g/mol. The molecule has 0 aliphatic heterocycles. The third-order valence-electron chi connectivity index (χ3n) is 5.85. The van der Waals surface area contributed by atoms with Gasteiger partial charge >= 0.3 is 0 Å². The van der Waals surface area contributed by atoms with Gasteiger partial charge in [-0.3, -0.25) is 9.52 Å². The lowest BCUT2D eigenvalue weighted by molar-refractivity contribution is 0.0923. The predicted molar refractivity (Wildman–Crippen MR) is 110 cm³/mol. The van der Waals surface area contributed by atoms with Crippen LogP contribution >= 0.6 is 11.6 Å². The first-order valence-electron chi connectivity index (χ1n) is 9.52. The maximum atomic E-state index is 12.6. The lowest BCUT2D eigenvalue weighted by Crippen LogP contribution is -2.38. The average Bonchev–Trinajstić information content (AvgIpc) is 3.24. The van der Waals surface area contributed by atoms with E-state index in [4.69, 9.17) is 11.6 Å². The summed E-state index contributed by atoms with van der Waals surface area (Å²) in [5, 5.41) is 3.33. The third kappa shape index (κ3) is 3.89. The van der Waals surface area contributed by atoms with Gasteiger partial charge in [-0.2, -0.15) is 0 Å². The second kappa shape index (κ2) is 7.41. The van der Waals surface area contributed by atoms with Crippen LogP contribution in [0.1, 0.15) is 41.6 Å². The van der Waals surface area contributed by atoms with Crippen molar-refractivity contribution in [3.05, 3.63) is 58.6 Å². The molecule has 148 valence electrons. The Bertz CT molecular complexity index is 1000. The van der Waals surface area contributed by atoms with Crippen LogP contribution in [0.2, 0.25) is 5.02 Å². The van der Waals surface area contributed by atoms with E-state index in [1.165, 1.54) is 25.3 Å². The van der Waals surface area contributed by atoms with E-state index in [-0.39, 0.29) is 21.9 Å².